The minimum Gasteiger partial charge on any atom is -0.462 e. The first-order valence-corrected chi connectivity index (χ1v) is 25.5. The number of ether oxygens (including phenoxy) is 3. The molecule has 0 bridgehead atoms. The van der Waals surface area contributed by atoms with E-state index >= 15 is 0 Å². The smallest absolute Gasteiger partial charge is 0.306 e. The molecule has 0 aromatic heterocycles. The molecule has 0 aliphatic rings. The van der Waals surface area contributed by atoms with E-state index in [0.29, 0.717) is 19.3 Å². The molecule has 0 N–H and O–H groups in total. The molecule has 6 heteroatoms. The molecule has 0 heterocycles. The number of hydrogen-bond acceptors (Lipinski definition) is 6. The largest absolute Gasteiger partial charge is 0.462 e. The Bertz CT molecular complexity index is 1330. The van der Waals surface area contributed by atoms with Gasteiger partial charge in [0.1, 0.15) is 13.2 Å². The van der Waals surface area contributed by atoms with Crippen LogP contribution < -0.4 is 0 Å². The summed E-state index contributed by atoms with van der Waals surface area (Å²) in [5, 5.41) is 0. The zero-order chi connectivity index (χ0) is 45.8. The first-order valence-electron chi connectivity index (χ1n) is 25.5. The molecular weight excluding hydrogens is 781 g/mol. The van der Waals surface area contributed by atoms with E-state index < -0.39 is 6.10 Å². The third-order valence-electron chi connectivity index (χ3n) is 10.4. The van der Waals surface area contributed by atoms with Gasteiger partial charge in [-0.1, -0.05) is 214 Å². The van der Waals surface area contributed by atoms with E-state index in [-0.39, 0.29) is 31.1 Å². The standard InChI is InChI=1S/C57H92O6/c1-4-7-10-13-16-19-22-25-27-28-29-30-33-35-38-41-44-47-50-56(59)62-53-54(52-61-55(58)49-46-43-40-37-34-31-24-21-18-15-12-9-6-3)63-57(60)51-48-45-42-39-36-32-26-23-20-17-14-11-8-5-2/h9,12,15-16,18-19,21-22,24-25,27-32,34,36,54H,4-8,10-11,13-14,17,20,23,26,33,35,37-53H2,1-3H3/b12-9-,18-15-,19-16-,24-21-,25-22-,28-27-,30-29-,34-31-,36-32-. The molecule has 63 heavy (non-hydrogen) atoms. The lowest BCUT2D eigenvalue weighted by molar-refractivity contribution is -0.167. The molecule has 6 nitrogen and oxygen atoms in total. The lowest BCUT2D eigenvalue weighted by Gasteiger charge is -2.18. The van der Waals surface area contributed by atoms with Crippen LogP contribution in [-0.2, 0) is 28.6 Å². The Morgan fingerprint density at radius 1 is 0.333 bits per heavy atom. The van der Waals surface area contributed by atoms with Crippen molar-refractivity contribution in [3.8, 4) is 0 Å². The van der Waals surface area contributed by atoms with E-state index in [1.54, 1.807) is 0 Å². The number of rotatable bonds is 44. The first kappa shape index (κ1) is 59.1. The predicted octanol–water partition coefficient (Wildman–Crippen LogP) is 16.8. The van der Waals surface area contributed by atoms with Crippen molar-refractivity contribution in [2.45, 2.75) is 219 Å². The molecule has 0 rings (SSSR count). The number of unbranched alkanes of at least 4 members (excludes halogenated alkanes) is 21. The van der Waals surface area contributed by atoms with E-state index in [4.69, 9.17) is 14.2 Å². The number of carbonyl (C=O) groups is 3. The average Bonchev–Trinajstić information content (AvgIpc) is 3.28. The Hall–Kier alpha value is -3.93. The molecule has 1 unspecified atom stereocenters. The molecule has 0 aromatic carbocycles. The van der Waals surface area contributed by atoms with Gasteiger partial charge in [-0.05, 0) is 89.9 Å². The van der Waals surface area contributed by atoms with Gasteiger partial charge in [0.25, 0.3) is 0 Å². The van der Waals surface area contributed by atoms with Crippen molar-refractivity contribution < 1.29 is 28.6 Å². The fraction of sp³-hybridized carbons (Fsp3) is 0.632. The maximum absolute atomic E-state index is 12.8. The van der Waals surface area contributed by atoms with Crippen LogP contribution in [0.5, 0.6) is 0 Å². The zero-order valence-corrected chi connectivity index (χ0v) is 40.5. The van der Waals surface area contributed by atoms with Gasteiger partial charge in [0, 0.05) is 19.3 Å². The summed E-state index contributed by atoms with van der Waals surface area (Å²) in [6.45, 7) is 6.37. The lowest BCUT2D eigenvalue weighted by Crippen LogP contribution is -2.30. The molecule has 0 spiro atoms. The molecule has 0 aliphatic heterocycles. The minimum atomic E-state index is -0.813. The van der Waals surface area contributed by atoms with Gasteiger partial charge < -0.3 is 14.2 Å². The highest BCUT2D eigenvalue weighted by atomic mass is 16.6. The maximum atomic E-state index is 12.8. The van der Waals surface area contributed by atoms with E-state index in [0.717, 1.165) is 109 Å². The Balaban J connectivity index is 4.52. The van der Waals surface area contributed by atoms with Crippen LogP contribution in [0, 0.1) is 0 Å². The second kappa shape index (κ2) is 50.7. The summed E-state index contributed by atoms with van der Waals surface area (Å²) < 4.78 is 16.7. The molecule has 0 saturated heterocycles. The minimum absolute atomic E-state index is 0.111. The van der Waals surface area contributed by atoms with Gasteiger partial charge in [-0.3, -0.25) is 14.4 Å². The summed E-state index contributed by atoms with van der Waals surface area (Å²) in [6.07, 6.45) is 67.8. The Kier molecular flexibility index (Phi) is 47.5. The number of allylic oxidation sites excluding steroid dienone is 18. The summed E-state index contributed by atoms with van der Waals surface area (Å²) in [6, 6.07) is 0. The Morgan fingerprint density at radius 2 is 0.635 bits per heavy atom. The molecule has 0 radical (unpaired) electrons. The second-order valence-electron chi connectivity index (χ2n) is 16.5. The summed E-state index contributed by atoms with van der Waals surface area (Å²) in [4.78, 5) is 37.9. The van der Waals surface area contributed by atoms with Gasteiger partial charge in [0.2, 0.25) is 0 Å². The highest BCUT2D eigenvalue weighted by molar-refractivity contribution is 5.71. The monoisotopic (exact) mass is 873 g/mol. The lowest BCUT2D eigenvalue weighted by atomic mass is 10.1. The first-order chi connectivity index (χ1) is 31.0. The zero-order valence-electron chi connectivity index (χ0n) is 40.5. The predicted molar refractivity (Wildman–Crippen MR) is 270 cm³/mol. The summed E-state index contributed by atoms with van der Waals surface area (Å²) >= 11 is 0. The topological polar surface area (TPSA) is 78.9 Å². The van der Waals surface area contributed by atoms with Gasteiger partial charge in [-0.25, -0.2) is 0 Å². The SMILES string of the molecule is CC\C=C/C=C\C=C/C=C\CCCCCC(=O)OCC(COC(=O)CCCCCCC\C=C/C=C\C=C/C=C\CCCCC)OC(=O)CCCCC/C=C\CCCCCCCCC. The fourth-order valence-electron chi connectivity index (χ4n) is 6.57. The molecule has 0 aliphatic carbocycles. The highest BCUT2D eigenvalue weighted by Crippen LogP contribution is 2.13. The third-order valence-corrected chi connectivity index (χ3v) is 10.4. The fourth-order valence-corrected chi connectivity index (χ4v) is 6.57. The van der Waals surface area contributed by atoms with Gasteiger partial charge >= 0.3 is 17.9 Å². The maximum Gasteiger partial charge on any atom is 0.306 e. The van der Waals surface area contributed by atoms with Gasteiger partial charge in [0.05, 0.1) is 0 Å². The Morgan fingerprint density at radius 3 is 1.06 bits per heavy atom. The molecule has 356 valence electrons. The van der Waals surface area contributed by atoms with Crippen molar-refractivity contribution in [2.75, 3.05) is 13.2 Å². The normalized spacial score (nSPS) is 13.0. The average molecular weight is 873 g/mol. The van der Waals surface area contributed by atoms with Gasteiger partial charge in [-0.15, -0.1) is 0 Å². The van der Waals surface area contributed by atoms with Crippen LogP contribution in [0.15, 0.2) is 109 Å². The van der Waals surface area contributed by atoms with Crippen LogP contribution in [-0.4, -0.2) is 37.2 Å². The van der Waals surface area contributed by atoms with Crippen molar-refractivity contribution in [2.24, 2.45) is 0 Å². The van der Waals surface area contributed by atoms with Gasteiger partial charge in [0.15, 0.2) is 6.10 Å². The molecular formula is C57H92O6. The molecule has 0 amide bonds. The molecule has 0 aromatic rings. The van der Waals surface area contributed by atoms with Crippen LogP contribution in [0.3, 0.4) is 0 Å². The summed E-state index contributed by atoms with van der Waals surface area (Å²) in [7, 11) is 0. The van der Waals surface area contributed by atoms with Crippen LogP contribution in [0.25, 0.3) is 0 Å². The molecule has 0 saturated carbocycles. The van der Waals surface area contributed by atoms with Crippen molar-refractivity contribution >= 4 is 17.9 Å². The Labute approximate surface area is 387 Å². The van der Waals surface area contributed by atoms with E-state index in [1.165, 1.54) is 64.2 Å². The third kappa shape index (κ3) is 49.0. The van der Waals surface area contributed by atoms with Crippen molar-refractivity contribution in [1.82, 2.24) is 0 Å². The van der Waals surface area contributed by atoms with E-state index in [9.17, 15) is 14.4 Å². The van der Waals surface area contributed by atoms with Gasteiger partial charge in [-0.2, -0.15) is 0 Å². The second-order valence-corrected chi connectivity index (χ2v) is 16.5. The number of hydrogen-bond donors (Lipinski definition) is 0. The summed E-state index contributed by atoms with van der Waals surface area (Å²) in [5.41, 5.74) is 0. The van der Waals surface area contributed by atoms with Crippen LogP contribution in [0.4, 0.5) is 0 Å². The molecule has 0 fully saturated rings. The van der Waals surface area contributed by atoms with E-state index in [1.807, 2.05) is 36.5 Å². The summed E-state index contributed by atoms with van der Waals surface area (Å²) in [5.74, 6) is -0.994. The van der Waals surface area contributed by atoms with E-state index in [2.05, 4.69) is 93.7 Å². The quantitative estimate of drug-likeness (QED) is 0.0199. The van der Waals surface area contributed by atoms with Crippen molar-refractivity contribution in [1.29, 1.82) is 0 Å². The number of esters is 3. The van der Waals surface area contributed by atoms with Crippen molar-refractivity contribution in [3.63, 3.8) is 0 Å². The highest BCUT2D eigenvalue weighted by Gasteiger charge is 2.19. The molecule has 1 atom stereocenters. The van der Waals surface area contributed by atoms with Crippen molar-refractivity contribution in [3.05, 3.63) is 109 Å². The van der Waals surface area contributed by atoms with Crippen LogP contribution >= 0.6 is 0 Å². The van der Waals surface area contributed by atoms with Crippen LogP contribution in [0.2, 0.25) is 0 Å². The van der Waals surface area contributed by atoms with Crippen LogP contribution in [0.1, 0.15) is 213 Å². The number of carbonyl (C=O) groups excluding carboxylic acids is 3.